The van der Waals surface area contributed by atoms with Crippen molar-refractivity contribution in [1.82, 2.24) is 41.2 Å². The Balaban J connectivity index is 1.00. The number of carbonyl (C=O) groups is 4. The smallest absolute Gasteiger partial charge is 0.408 e. The van der Waals surface area contributed by atoms with E-state index in [9.17, 15) is 23.6 Å². The Hall–Kier alpha value is -5.90. The molecule has 3 amide bonds. The molecule has 2 atom stereocenters. The summed E-state index contributed by atoms with van der Waals surface area (Å²) >= 11 is 6.45. The normalized spacial score (nSPS) is 15.7. The first kappa shape index (κ1) is 50.1. The third-order valence-corrected chi connectivity index (χ3v) is 10.1. The molecule has 0 spiro atoms. The minimum Gasteiger partial charge on any atom is -0.466 e. The second-order valence-electron chi connectivity index (χ2n) is 16.2. The van der Waals surface area contributed by atoms with Crippen LogP contribution in [0.1, 0.15) is 82.7 Å². The summed E-state index contributed by atoms with van der Waals surface area (Å²) in [6.07, 6.45) is 6.68. The lowest BCUT2D eigenvalue weighted by molar-refractivity contribution is -0.136. The van der Waals surface area contributed by atoms with Crippen LogP contribution in [0.25, 0.3) is 0 Å². The Kier molecular flexibility index (Phi) is 18.8. The molecule has 0 bridgehead atoms. The number of halogens is 2. The number of aliphatic imine (C=N–C) groups is 1. The third-order valence-electron chi connectivity index (χ3n) is 9.72. The van der Waals surface area contributed by atoms with Crippen LogP contribution in [0.3, 0.4) is 0 Å². The summed E-state index contributed by atoms with van der Waals surface area (Å²) in [5.41, 5.74) is 1.01. The summed E-state index contributed by atoms with van der Waals surface area (Å²) in [6.45, 7) is 9.25. The number of hydrogen-bond donors (Lipinski definition) is 4. The van der Waals surface area contributed by atoms with E-state index in [-0.39, 0.29) is 55.4 Å². The zero-order valence-corrected chi connectivity index (χ0v) is 38.0. The number of amidine groups is 1. The first-order valence-corrected chi connectivity index (χ1v) is 21.6. The van der Waals surface area contributed by atoms with Gasteiger partial charge in [0.2, 0.25) is 11.8 Å². The third kappa shape index (κ3) is 16.9. The number of methoxy groups -OCH3 is 1. The molecular formula is C43H57ClFN11O9. The summed E-state index contributed by atoms with van der Waals surface area (Å²) in [6, 6.07) is 5.64. The number of ether oxygens (including phenoxy) is 5. The predicted octanol–water partition coefficient (Wildman–Crippen LogP) is 4.49. The minimum absolute atomic E-state index is 0.0564. The number of nitrogens with one attached hydrogen (secondary N) is 4. The number of rotatable bonds is 26. The molecule has 2 aromatic heterocycles. The van der Waals surface area contributed by atoms with Crippen molar-refractivity contribution in [3.63, 3.8) is 0 Å². The van der Waals surface area contributed by atoms with Gasteiger partial charge in [0.15, 0.2) is 5.66 Å². The maximum absolute atomic E-state index is 14.0. The molecule has 0 fully saturated rings. The lowest BCUT2D eigenvalue weighted by Crippen LogP contribution is -2.48. The molecule has 4 heterocycles. The van der Waals surface area contributed by atoms with Crippen molar-refractivity contribution in [1.29, 1.82) is 0 Å². The van der Waals surface area contributed by atoms with E-state index < -0.39 is 41.2 Å². The molecule has 0 saturated carbocycles. The van der Waals surface area contributed by atoms with E-state index in [4.69, 9.17) is 40.3 Å². The Morgan fingerprint density at radius 1 is 0.969 bits per heavy atom. The fourth-order valence-corrected chi connectivity index (χ4v) is 6.60. The molecule has 1 unspecified atom stereocenters. The molecule has 0 saturated heterocycles. The molecule has 2 aliphatic rings. The van der Waals surface area contributed by atoms with Gasteiger partial charge in [-0.1, -0.05) is 22.9 Å². The van der Waals surface area contributed by atoms with Crippen molar-refractivity contribution in [2.45, 2.75) is 96.3 Å². The molecule has 2 aliphatic heterocycles. The van der Waals surface area contributed by atoms with E-state index in [1.54, 1.807) is 56.2 Å². The van der Waals surface area contributed by atoms with Gasteiger partial charge in [-0.05, 0) is 71.2 Å². The number of alkyl carbamates (subject to hydrolysis) is 1. The van der Waals surface area contributed by atoms with Crippen LogP contribution in [0, 0.1) is 5.82 Å². The Morgan fingerprint density at radius 2 is 1.72 bits per heavy atom. The van der Waals surface area contributed by atoms with E-state index in [0.29, 0.717) is 86.8 Å². The Bertz CT molecular complexity index is 2180. The van der Waals surface area contributed by atoms with Gasteiger partial charge < -0.3 is 45.0 Å². The van der Waals surface area contributed by atoms with Crippen LogP contribution >= 0.6 is 11.6 Å². The van der Waals surface area contributed by atoms with Gasteiger partial charge in [-0.15, -0.1) is 5.10 Å². The quantitative estimate of drug-likeness (QED) is 0.0642. The monoisotopic (exact) mass is 925 g/mol. The fraction of sp³-hybridized carbons (Fsp3) is 0.535. The van der Waals surface area contributed by atoms with Gasteiger partial charge in [-0.3, -0.25) is 19.6 Å². The zero-order valence-electron chi connectivity index (χ0n) is 37.2. The van der Waals surface area contributed by atoms with E-state index in [1.165, 1.54) is 19.2 Å². The molecule has 0 radical (unpaired) electrons. The highest BCUT2D eigenvalue weighted by atomic mass is 35.5. The van der Waals surface area contributed by atoms with Crippen molar-refractivity contribution in [3.8, 4) is 0 Å². The number of amides is 3. The number of hydrogen-bond acceptors (Lipinski definition) is 16. The zero-order chi connectivity index (χ0) is 46.8. The summed E-state index contributed by atoms with van der Waals surface area (Å²) in [7, 11) is 1.26. The van der Waals surface area contributed by atoms with Crippen LogP contribution in [0.4, 0.5) is 9.18 Å². The van der Waals surface area contributed by atoms with Gasteiger partial charge >= 0.3 is 12.1 Å². The SMILES string of the molecule is COC(=O)C1=C(COCc2cn(CCOCCOCCNC(=O)[C@H](CCCCNC(=O)CCC3(C)N=N3)NC(=O)OC(C)(C)C)nn2)NC(c2ccncc2)=NC1c1ccc(F)cc1Cl. The number of unbranched alkanes of at least 4 members (excludes halogenated alkanes) is 1. The second-order valence-corrected chi connectivity index (χ2v) is 16.6. The molecule has 20 nitrogen and oxygen atoms in total. The summed E-state index contributed by atoms with van der Waals surface area (Å²) in [5, 5.41) is 27.7. The minimum atomic E-state index is -0.923. The van der Waals surface area contributed by atoms with E-state index >= 15 is 0 Å². The topological polar surface area (TPSA) is 243 Å². The van der Waals surface area contributed by atoms with Gasteiger partial charge in [-0.2, -0.15) is 10.2 Å². The average molecular weight is 926 g/mol. The molecule has 22 heteroatoms. The van der Waals surface area contributed by atoms with Crippen molar-refractivity contribution in [2.75, 3.05) is 53.2 Å². The first-order valence-electron chi connectivity index (χ1n) is 21.2. The van der Waals surface area contributed by atoms with Crippen molar-refractivity contribution in [2.24, 2.45) is 15.2 Å². The van der Waals surface area contributed by atoms with E-state index in [2.05, 4.69) is 46.8 Å². The fourth-order valence-electron chi connectivity index (χ4n) is 6.33. The van der Waals surface area contributed by atoms with Crippen LogP contribution in [-0.4, -0.2) is 120 Å². The lowest BCUT2D eigenvalue weighted by atomic mass is 9.95. The highest BCUT2D eigenvalue weighted by Gasteiger charge is 2.35. The Labute approximate surface area is 381 Å². The molecule has 65 heavy (non-hydrogen) atoms. The van der Waals surface area contributed by atoms with Crippen LogP contribution in [-0.2, 0) is 51.2 Å². The molecule has 4 N–H and O–H groups in total. The van der Waals surface area contributed by atoms with Gasteiger partial charge in [0, 0.05) is 54.5 Å². The molecule has 3 aromatic rings. The van der Waals surface area contributed by atoms with Crippen LogP contribution in [0.5, 0.6) is 0 Å². The van der Waals surface area contributed by atoms with E-state index in [1.807, 2.05) is 6.92 Å². The average Bonchev–Trinajstić information content (AvgIpc) is 3.84. The predicted molar refractivity (Wildman–Crippen MR) is 234 cm³/mol. The van der Waals surface area contributed by atoms with Gasteiger partial charge in [0.05, 0.1) is 70.8 Å². The summed E-state index contributed by atoms with van der Waals surface area (Å²) in [4.78, 5) is 59.6. The van der Waals surface area contributed by atoms with Crippen molar-refractivity contribution < 1.29 is 47.3 Å². The number of carbonyl (C=O) groups excluding carboxylic acids is 4. The van der Waals surface area contributed by atoms with Gasteiger partial charge in [-0.25, -0.2) is 18.7 Å². The number of esters is 1. The molecule has 352 valence electrons. The Morgan fingerprint density at radius 3 is 2.43 bits per heavy atom. The number of benzene rings is 1. The second kappa shape index (κ2) is 24.4. The van der Waals surface area contributed by atoms with Gasteiger partial charge in [0.1, 0.15) is 35.0 Å². The van der Waals surface area contributed by atoms with Crippen molar-refractivity contribution >= 4 is 41.3 Å². The molecule has 0 aliphatic carbocycles. The van der Waals surface area contributed by atoms with Crippen LogP contribution < -0.4 is 21.3 Å². The summed E-state index contributed by atoms with van der Waals surface area (Å²) < 4.78 is 43.4. The van der Waals surface area contributed by atoms with Gasteiger partial charge in [0.25, 0.3) is 0 Å². The maximum Gasteiger partial charge on any atom is 0.408 e. The van der Waals surface area contributed by atoms with Crippen molar-refractivity contribution in [3.05, 3.63) is 87.9 Å². The van der Waals surface area contributed by atoms with Crippen LogP contribution in [0.2, 0.25) is 5.02 Å². The molecule has 5 rings (SSSR count). The van der Waals surface area contributed by atoms with Crippen LogP contribution in [0.15, 0.2) is 75.4 Å². The standard InChI is InChI=1S/C43H57ClFN11O9/c1-42(2,3)65-41(60)50-33(8-6-7-15-47-35(57)11-14-43(4)53-54-43)39(58)48-18-20-62-22-23-63-21-19-56-25-30(52-55-56)26-64-27-34-36(40(59)61-5)37(31-10-9-29(45)24-32(31)44)51-38(49-34)28-12-16-46-17-13-28/h9-10,12-13,16-17,24-25,33,37H,6-8,11,14-15,18-23,26-27H2,1-5H3,(H,47,57)(H,48,58)(H,49,51)(H,50,60)/t33-,37?/m0/s1. The maximum atomic E-state index is 14.0. The number of aromatic nitrogens is 4. The lowest BCUT2D eigenvalue weighted by Gasteiger charge is -2.28. The number of pyridine rings is 1. The highest BCUT2D eigenvalue weighted by molar-refractivity contribution is 6.31. The highest BCUT2D eigenvalue weighted by Crippen LogP contribution is 2.36. The summed E-state index contributed by atoms with van der Waals surface area (Å²) in [5.74, 6) is -1.22. The number of nitrogens with zero attached hydrogens (tertiary/aromatic N) is 7. The van der Waals surface area contributed by atoms with E-state index in [0.717, 1.165) is 6.07 Å². The first-order chi connectivity index (χ1) is 31.1. The molecule has 1 aromatic carbocycles. The molecular weight excluding hydrogens is 869 g/mol. The largest absolute Gasteiger partial charge is 0.466 e.